The molecule has 0 aliphatic heterocycles. The van der Waals surface area contributed by atoms with Gasteiger partial charge in [0, 0.05) is 11.7 Å². The summed E-state index contributed by atoms with van der Waals surface area (Å²) in [5.74, 6) is 0.279. The van der Waals surface area contributed by atoms with Crippen LogP contribution in [0.1, 0.15) is 33.6 Å². The Morgan fingerprint density at radius 3 is 2.50 bits per heavy atom. The number of hydrogen-bond acceptors (Lipinski definition) is 3. The van der Waals surface area contributed by atoms with Gasteiger partial charge in [0.05, 0.1) is 0 Å². The molecule has 0 aromatic carbocycles. The van der Waals surface area contributed by atoms with Crippen molar-refractivity contribution in [2.75, 3.05) is 5.73 Å². The molecular weight excluding hydrogens is 178 g/mol. The highest BCUT2D eigenvalue weighted by Gasteiger charge is 2.22. The van der Waals surface area contributed by atoms with Gasteiger partial charge in [0.25, 0.3) is 0 Å². The van der Waals surface area contributed by atoms with E-state index in [4.69, 9.17) is 5.73 Å². The van der Waals surface area contributed by atoms with E-state index in [0.29, 0.717) is 0 Å². The normalized spacial score (nSPS) is 11.6. The van der Waals surface area contributed by atoms with Crippen LogP contribution in [0.15, 0.2) is 17.1 Å². The first-order valence-electron chi connectivity index (χ1n) is 4.89. The lowest BCUT2D eigenvalue weighted by molar-refractivity contribution is 0.281. The van der Waals surface area contributed by atoms with Crippen molar-refractivity contribution in [1.82, 2.24) is 9.55 Å². The van der Waals surface area contributed by atoms with E-state index < -0.39 is 0 Å². The second kappa shape index (κ2) is 3.82. The van der Waals surface area contributed by atoms with Crippen molar-refractivity contribution in [1.29, 1.82) is 0 Å². The van der Waals surface area contributed by atoms with Crippen LogP contribution < -0.4 is 11.4 Å². The molecule has 78 valence electrons. The summed E-state index contributed by atoms with van der Waals surface area (Å²) < 4.78 is 1.66. The molecule has 0 atom stereocenters. The van der Waals surface area contributed by atoms with Gasteiger partial charge in [-0.05, 0) is 25.8 Å². The van der Waals surface area contributed by atoms with E-state index in [1.54, 1.807) is 16.8 Å². The highest BCUT2D eigenvalue weighted by molar-refractivity contribution is 5.23. The van der Waals surface area contributed by atoms with E-state index >= 15 is 0 Å². The molecule has 0 unspecified atom stereocenters. The van der Waals surface area contributed by atoms with Crippen LogP contribution in [-0.2, 0) is 5.54 Å². The molecule has 1 rings (SSSR count). The fourth-order valence-electron chi connectivity index (χ4n) is 1.42. The predicted octanol–water partition coefficient (Wildman–Crippen LogP) is 1.36. The van der Waals surface area contributed by atoms with Crippen LogP contribution in [-0.4, -0.2) is 9.55 Å². The molecule has 14 heavy (non-hydrogen) atoms. The molecule has 1 heterocycles. The quantitative estimate of drug-likeness (QED) is 0.792. The summed E-state index contributed by atoms with van der Waals surface area (Å²) in [6.07, 6.45) is 3.52. The molecule has 2 N–H and O–H groups in total. The Morgan fingerprint density at radius 2 is 2.07 bits per heavy atom. The van der Waals surface area contributed by atoms with Crippen LogP contribution in [0.2, 0.25) is 0 Å². The van der Waals surface area contributed by atoms with Gasteiger partial charge in [-0.3, -0.25) is 4.57 Å². The second-order valence-electron chi connectivity index (χ2n) is 3.71. The number of anilines is 1. The Hall–Kier alpha value is -1.32. The van der Waals surface area contributed by atoms with Crippen molar-refractivity contribution in [3.8, 4) is 0 Å². The van der Waals surface area contributed by atoms with E-state index in [-0.39, 0.29) is 17.0 Å². The lowest BCUT2D eigenvalue weighted by atomic mass is 9.95. The van der Waals surface area contributed by atoms with Crippen LogP contribution in [0, 0.1) is 0 Å². The first-order valence-corrected chi connectivity index (χ1v) is 4.89. The third kappa shape index (κ3) is 1.78. The Bertz CT molecular complexity index is 366. The molecule has 1 aromatic rings. The Kier molecular flexibility index (Phi) is 2.93. The van der Waals surface area contributed by atoms with Gasteiger partial charge in [0.15, 0.2) is 0 Å². The van der Waals surface area contributed by atoms with Crippen LogP contribution >= 0.6 is 0 Å². The SMILES string of the molecule is CCC(C)(CC)n1ccc(N)nc1=O. The molecule has 0 saturated heterocycles. The Labute approximate surface area is 83.8 Å². The minimum Gasteiger partial charge on any atom is -0.383 e. The smallest absolute Gasteiger partial charge is 0.349 e. The van der Waals surface area contributed by atoms with Crippen molar-refractivity contribution in [2.24, 2.45) is 0 Å². The third-order valence-corrected chi connectivity index (χ3v) is 2.93. The monoisotopic (exact) mass is 195 g/mol. The van der Waals surface area contributed by atoms with Crippen LogP contribution in [0.4, 0.5) is 5.82 Å². The summed E-state index contributed by atoms with van der Waals surface area (Å²) in [5.41, 5.74) is 5.01. The fourth-order valence-corrected chi connectivity index (χ4v) is 1.42. The number of nitrogens with zero attached hydrogens (tertiary/aromatic N) is 2. The number of nitrogens with two attached hydrogens (primary N) is 1. The molecule has 4 nitrogen and oxygen atoms in total. The third-order valence-electron chi connectivity index (χ3n) is 2.93. The van der Waals surface area contributed by atoms with Gasteiger partial charge >= 0.3 is 5.69 Å². The van der Waals surface area contributed by atoms with Crippen molar-refractivity contribution >= 4 is 5.82 Å². The highest BCUT2D eigenvalue weighted by atomic mass is 16.1. The molecule has 0 saturated carbocycles. The number of rotatable bonds is 3. The van der Waals surface area contributed by atoms with Gasteiger partial charge in [-0.2, -0.15) is 4.98 Å². The average molecular weight is 195 g/mol. The standard InChI is InChI=1S/C10H17N3O/c1-4-10(3,5-2)13-7-6-8(11)12-9(13)14/h6-7H,4-5H2,1-3H3,(H2,11,12,14). The average Bonchev–Trinajstić information content (AvgIpc) is 2.17. The summed E-state index contributed by atoms with van der Waals surface area (Å²) in [7, 11) is 0. The lowest BCUT2D eigenvalue weighted by Crippen LogP contribution is -2.38. The topological polar surface area (TPSA) is 60.9 Å². The number of nitrogen functional groups attached to an aromatic ring is 1. The lowest BCUT2D eigenvalue weighted by Gasteiger charge is -2.28. The molecule has 0 fully saturated rings. The molecule has 0 amide bonds. The van der Waals surface area contributed by atoms with E-state index in [9.17, 15) is 4.79 Å². The molecule has 0 aliphatic rings. The van der Waals surface area contributed by atoms with E-state index in [1.165, 1.54) is 0 Å². The molecular formula is C10H17N3O. The summed E-state index contributed by atoms with van der Waals surface area (Å²) in [6, 6.07) is 1.66. The zero-order chi connectivity index (χ0) is 10.8. The van der Waals surface area contributed by atoms with Crippen molar-refractivity contribution in [3.05, 3.63) is 22.7 Å². The Morgan fingerprint density at radius 1 is 1.50 bits per heavy atom. The van der Waals surface area contributed by atoms with Gasteiger partial charge < -0.3 is 5.73 Å². The maximum Gasteiger partial charge on any atom is 0.349 e. The van der Waals surface area contributed by atoms with E-state index in [2.05, 4.69) is 18.8 Å². The van der Waals surface area contributed by atoms with Crippen LogP contribution in [0.25, 0.3) is 0 Å². The first-order chi connectivity index (χ1) is 6.53. The molecule has 0 radical (unpaired) electrons. The van der Waals surface area contributed by atoms with Gasteiger partial charge in [-0.25, -0.2) is 4.79 Å². The molecule has 0 aliphatic carbocycles. The highest BCUT2D eigenvalue weighted by Crippen LogP contribution is 2.21. The van der Waals surface area contributed by atoms with Gasteiger partial charge in [-0.1, -0.05) is 13.8 Å². The largest absolute Gasteiger partial charge is 0.383 e. The summed E-state index contributed by atoms with van der Waals surface area (Å²) in [4.78, 5) is 15.3. The van der Waals surface area contributed by atoms with Gasteiger partial charge in [-0.15, -0.1) is 0 Å². The fraction of sp³-hybridized carbons (Fsp3) is 0.600. The maximum absolute atomic E-state index is 11.6. The zero-order valence-electron chi connectivity index (χ0n) is 8.95. The van der Waals surface area contributed by atoms with Crippen molar-refractivity contribution in [2.45, 2.75) is 39.2 Å². The zero-order valence-corrected chi connectivity index (χ0v) is 8.95. The van der Waals surface area contributed by atoms with E-state index in [1.807, 2.05) is 6.92 Å². The van der Waals surface area contributed by atoms with Gasteiger partial charge in [0.2, 0.25) is 0 Å². The summed E-state index contributed by atoms with van der Waals surface area (Å²) >= 11 is 0. The minimum absolute atomic E-state index is 0.155. The predicted molar refractivity (Wildman–Crippen MR) is 57.1 cm³/mol. The molecule has 1 aromatic heterocycles. The number of hydrogen-bond donors (Lipinski definition) is 1. The molecule has 0 spiro atoms. The Balaban J connectivity index is 3.25. The van der Waals surface area contributed by atoms with E-state index in [0.717, 1.165) is 12.8 Å². The summed E-state index contributed by atoms with van der Waals surface area (Å²) in [6.45, 7) is 6.17. The van der Waals surface area contributed by atoms with Crippen LogP contribution in [0.3, 0.4) is 0 Å². The second-order valence-corrected chi connectivity index (χ2v) is 3.71. The van der Waals surface area contributed by atoms with Gasteiger partial charge in [0.1, 0.15) is 5.82 Å². The van der Waals surface area contributed by atoms with Crippen molar-refractivity contribution < 1.29 is 0 Å². The van der Waals surface area contributed by atoms with Crippen LogP contribution in [0.5, 0.6) is 0 Å². The number of aromatic nitrogens is 2. The molecule has 0 bridgehead atoms. The summed E-state index contributed by atoms with van der Waals surface area (Å²) in [5, 5.41) is 0. The minimum atomic E-state index is -0.267. The molecule has 4 heteroatoms. The maximum atomic E-state index is 11.6. The first kappa shape index (κ1) is 10.8. The van der Waals surface area contributed by atoms with Crippen molar-refractivity contribution in [3.63, 3.8) is 0 Å².